The molecule has 0 aromatic rings. The van der Waals surface area contributed by atoms with E-state index in [-0.39, 0.29) is 38.1 Å². The van der Waals surface area contributed by atoms with Crippen molar-refractivity contribution in [3.05, 3.63) is 0 Å². The van der Waals surface area contributed by atoms with E-state index in [4.69, 9.17) is 15.9 Å². The minimum Gasteiger partial charge on any atom is -0.395 e. The summed E-state index contributed by atoms with van der Waals surface area (Å²) in [6.07, 6.45) is 0.372. The summed E-state index contributed by atoms with van der Waals surface area (Å²) >= 11 is 0. The molecule has 0 radical (unpaired) electrons. The molecule has 1 unspecified atom stereocenters. The molecule has 5 nitrogen and oxygen atoms in total. The highest BCUT2D eigenvalue weighted by molar-refractivity contribution is 5.76. The standard InChI is InChI=1S/C9H20N2O3/c1-8(7-10)6-9(14)11(2-4-12)3-5-13/h8,12-13H,2-7,10H2,1H3. The largest absolute Gasteiger partial charge is 0.395 e. The zero-order valence-electron chi connectivity index (χ0n) is 8.65. The van der Waals surface area contributed by atoms with E-state index in [1.54, 1.807) is 0 Å². The fourth-order valence-electron chi connectivity index (χ4n) is 1.11. The number of carbonyl (C=O) groups excluding carboxylic acids is 1. The van der Waals surface area contributed by atoms with E-state index in [0.29, 0.717) is 13.0 Å². The predicted octanol–water partition coefficient (Wildman–Crippen LogP) is -1.22. The monoisotopic (exact) mass is 204 g/mol. The molecule has 0 heterocycles. The van der Waals surface area contributed by atoms with Gasteiger partial charge in [-0.2, -0.15) is 0 Å². The molecule has 0 saturated heterocycles. The number of carbonyl (C=O) groups is 1. The van der Waals surface area contributed by atoms with Crippen molar-refractivity contribution in [3.8, 4) is 0 Å². The zero-order chi connectivity index (χ0) is 11.0. The van der Waals surface area contributed by atoms with Gasteiger partial charge in [0.1, 0.15) is 0 Å². The fourth-order valence-corrected chi connectivity index (χ4v) is 1.11. The van der Waals surface area contributed by atoms with Crippen LogP contribution in [0.3, 0.4) is 0 Å². The average Bonchev–Trinajstić information content (AvgIpc) is 2.17. The van der Waals surface area contributed by atoms with Crippen molar-refractivity contribution < 1.29 is 15.0 Å². The second-order valence-corrected chi connectivity index (χ2v) is 3.37. The number of aliphatic hydroxyl groups is 2. The smallest absolute Gasteiger partial charge is 0.223 e. The van der Waals surface area contributed by atoms with Gasteiger partial charge in [-0.15, -0.1) is 0 Å². The summed E-state index contributed by atoms with van der Waals surface area (Å²) in [4.78, 5) is 13.0. The third-order valence-corrected chi connectivity index (χ3v) is 2.02. The van der Waals surface area contributed by atoms with Crippen LogP contribution in [0, 0.1) is 5.92 Å². The van der Waals surface area contributed by atoms with Gasteiger partial charge in [0.15, 0.2) is 0 Å². The summed E-state index contributed by atoms with van der Waals surface area (Å²) in [7, 11) is 0. The summed E-state index contributed by atoms with van der Waals surface area (Å²) in [5, 5.41) is 17.4. The highest BCUT2D eigenvalue weighted by Gasteiger charge is 2.14. The Labute approximate surface area is 84.5 Å². The lowest BCUT2D eigenvalue weighted by atomic mass is 10.1. The molecule has 0 aliphatic heterocycles. The van der Waals surface area contributed by atoms with Gasteiger partial charge in [-0.1, -0.05) is 6.92 Å². The lowest BCUT2D eigenvalue weighted by Gasteiger charge is -2.22. The average molecular weight is 204 g/mol. The van der Waals surface area contributed by atoms with Crippen molar-refractivity contribution in [1.29, 1.82) is 0 Å². The van der Waals surface area contributed by atoms with Gasteiger partial charge in [-0.3, -0.25) is 4.79 Å². The van der Waals surface area contributed by atoms with Crippen molar-refractivity contribution in [1.82, 2.24) is 4.90 Å². The topological polar surface area (TPSA) is 86.8 Å². The summed E-state index contributed by atoms with van der Waals surface area (Å²) in [5.74, 6) is 0.0773. The predicted molar refractivity (Wildman–Crippen MR) is 53.6 cm³/mol. The molecule has 0 saturated carbocycles. The zero-order valence-corrected chi connectivity index (χ0v) is 8.65. The van der Waals surface area contributed by atoms with Crippen LogP contribution in [0.15, 0.2) is 0 Å². The number of nitrogens with zero attached hydrogens (tertiary/aromatic N) is 1. The van der Waals surface area contributed by atoms with Crippen LogP contribution in [0.4, 0.5) is 0 Å². The van der Waals surface area contributed by atoms with Gasteiger partial charge < -0.3 is 20.8 Å². The van der Waals surface area contributed by atoms with Gasteiger partial charge in [0.25, 0.3) is 0 Å². The first kappa shape index (κ1) is 13.4. The number of rotatable bonds is 7. The van der Waals surface area contributed by atoms with Gasteiger partial charge in [-0.05, 0) is 12.5 Å². The van der Waals surface area contributed by atoms with Crippen LogP contribution in [0.25, 0.3) is 0 Å². The van der Waals surface area contributed by atoms with Crippen LogP contribution in [-0.4, -0.2) is 53.9 Å². The maximum Gasteiger partial charge on any atom is 0.223 e. The minimum absolute atomic E-state index is 0.0638. The Bertz CT molecular complexity index is 158. The van der Waals surface area contributed by atoms with E-state index in [1.807, 2.05) is 6.92 Å². The van der Waals surface area contributed by atoms with E-state index in [2.05, 4.69) is 0 Å². The number of amides is 1. The lowest BCUT2D eigenvalue weighted by molar-refractivity contribution is -0.133. The maximum absolute atomic E-state index is 11.5. The van der Waals surface area contributed by atoms with Crippen LogP contribution in [0.1, 0.15) is 13.3 Å². The Morgan fingerprint density at radius 3 is 2.21 bits per heavy atom. The molecule has 0 spiro atoms. The van der Waals surface area contributed by atoms with Gasteiger partial charge in [0.05, 0.1) is 13.2 Å². The van der Waals surface area contributed by atoms with E-state index in [1.165, 1.54) is 4.90 Å². The van der Waals surface area contributed by atoms with Gasteiger partial charge in [0, 0.05) is 19.5 Å². The quantitative estimate of drug-likeness (QED) is 0.485. The van der Waals surface area contributed by atoms with E-state index in [0.717, 1.165) is 0 Å². The molecule has 0 aromatic heterocycles. The van der Waals surface area contributed by atoms with Crippen molar-refractivity contribution in [2.45, 2.75) is 13.3 Å². The first-order chi connectivity index (χ1) is 6.65. The molecule has 0 aromatic carbocycles. The van der Waals surface area contributed by atoms with Gasteiger partial charge >= 0.3 is 0 Å². The maximum atomic E-state index is 11.5. The Balaban J connectivity index is 4.00. The highest BCUT2D eigenvalue weighted by Crippen LogP contribution is 2.03. The van der Waals surface area contributed by atoms with Crippen LogP contribution in [0.5, 0.6) is 0 Å². The second-order valence-electron chi connectivity index (χ2n) is 3.37. The first-order valence-corrected chi connectivity index (χ1v) is 4.85. The fraction of sp³-hybridized carbons (Fsp3) is 0.889. The third-order valence-electron chi connectivity index (χ3n) is 2.02. The summed E-state index contributed by atoms with van der Waals surface area (Å²) in [6, 6.07) is 0. The molecule has 14 heavy (non-hydrogen) atoms. The summed E-state index contributed by atoms with van der Waals surface area (Å²) < 4.78 is 0. The molecule has 1 amide bonds. The van der Waals surface area contributed by atoms with E-state index < -0.39 is 0 Å². The van der Waals surface area contributed by atoms with Crippen LogP contribution in [-0.2, 0) is 4.79 Å². The van der Waals surface area contributed by atoms with Crippen molar-refractivity contribution >= 4 is 5.91 Å². The molecule has 84 valence electrons. The number of nitrogens with two attached hydrogens (primary N) is 1. The highest BCUT2D eigenvalue weighted by atomic mass is 16.3. The molecule has 0 aliphatic carbocycles. The molecular formula is C9H20N2O3. The summed E-state index contributed by atoms with van der Waals surface area (Å²) in [6.45, 7) is 2.75. The first-order valence-electron chi connectivity index (χ1n) is 4.85. The van der Waals surface area contributed by atoms with Crippen molar-refractivity contribution in [3.63, 3.8) is 0 Å². The van der Waals surface area contributed by atoms with Gasteiger partial charge in [0.2, 0.25) is 5.91 Å². The SMILES string of the molecule is CC(CN)CC(=O)N(CCO)CCO. The Hall–Kier alpha value is -0.650. The third kappa shape index (κ3) is 5.16. The van der Waals surface area contributed by atoms with Gasteiger partial charge in [-0.25, -0.2) is 0 Å². The molecule has 4 N–H and O–H groups in total. The van der Waals surface area contributed by atoms with E-state index >= 15 is 0 Å². The second kappa shape index (κ2) is 7.73. The normalized spacial score (nSPS) is 12.6. The van der Waals surface area contributed by atoms with Crippen LogP contribution in [0.2, 0.25) is 0 Å². The number of aliphatic hydroxyl groups excluding tert-OH is 2. The molecule has 0 rings (SSSR count). The lowest BCUT2D eigenvalue weighted by Crippen LogP contribution is -2.37. The number of hydrogen-bond acceptors (Lipinski definition) is 4. The molecular weight excluding hydrogens is 184 g/mol. The van der Waals surface area contributed by atoms with Crippen LogP contribution < -0.4 is 5.73 Å². The Morgan fingerprint density at radius 1 is 1.36 bits per heavy atom. The molecule has 0 fully saturated rings. The summed E-state index contributed by atoms with van der Waals surface area (Å²) in [5.41, 5.74) is 5.40. The van der Waals surface area contributed by atoms with Crippen LogP contribution >= 0.6 is 0 Å². The Morgan fingerprint density at radius 2 is 1.86 bits per heavy atom. The van der Waals surface area contributed by atoms with Crippen molar-refractivity contribution in [2.75, 3.05) is 32.8 Å². The minimum atomic E-state index is -0.0806. The molecule has 0 bridgehead atoms. The van der Waals surface area contributed by atoms with E-state index in [9.17, 15) is 4.79 Å². The Kier molecular flexibility index (Phi) is 7.37. The molecule has 0 aliphatic rings. The molecule has 1 atom stereocenters. The van der Waals surface area contributed by atoms with Crippen molar-refractivity contribution in [2.24, 2.45) is 11.7 Å². The number of hydrogen-bond donors (Lipinski definition) is 3. The molecule has 5 heteroatoms.